The summed E-state index contributed by atoms with van der Waals surface area (Å²) >= 11 is 2.83. The number of amides is 1. The number of carbonyl (C=O) groups is 2. The van der Waals surface area contributed by atoms with Crippen molar-refractivity contribution in [2.45, 2.75) is 26.5 Å². The van der Waals surface area contributed by atoms with Crippen molar-refractivity contribution in [2.24, 2.45) is 0 Å². The van der Waals surface area contributed by atoms with Gasteiger partial charge >= 0.3 is 5.97 Å². The SMILES string of the molecule is Cc1nc(-c2cccs2)sc1C(=O)OC(C)C(=O)NCc1ccco1. The van der Waals surface area contributed by atoms with E-state index in [9.17, 15) is 9.59 Å². The highest BCUT2D eigenvalue weighted by atomic mass is 32.1. The first-order valence-electron chi connectivity index (χ1n) is 7.57. The van der Waals surface area contributed by atoms with Gasteiger partial charge in [-0.25, -0.2) is 9.78 Å². The van der Waals surface area contributed by atoms with Crippen LogP contribution in [0.1, 0.15) is 28.0 Å². The minimum absolute atomic E-state index is 0.246. The van der Waals surface area contributed by atoms with E-state index < -0.39 is 12.1 Å². The van der Waals surface area contributed by atoms with Gasteiger partial charge in [0.25, 0.3) is 5.91 Å². The number of hydrogen-bond acceptors (Lipinski definition) is 7. The lowest BCUT2D eigenvalue weighted by atomic mass is 10.3. The van der Waals surface area contributed by atoms with Crippen LogP contribution in [0.5, 0.6) is 0 Å². The first-order chi connectivity index (χ1) is 12.0. The van der Waals surface area contributed by atoms with Crippen LogP contribution in [0.3, 0.4) is 0 Å². The monoisotopic (exact) mass is 376 g/mol. The number of thiazole rings is 1. The minimum atomic E-state index is -0.908. The number of furan rings is 1. The van der Waals surface area contributed by atoms with Gasteiger partial charge in [0.2, 0.25) is 0 Å². The molecular weight excluding hydrogens is 360 g/mol. The zero-order valence-corrected chi connectivity index (χ0v) is 15.3. The molecule has 1 atom stereocenters. The van der Waals surface area contributed by atoms with E-state index in [2.05, 4.69) is 10.3 Å². The third kappa shape index (κ3) is 4.15. The Bertz CT molecular complexity index is 853. The van der Waals surface area contributed by atoms with Crippen LogP contribution in [0.15, 0.2) is 40.3 Å². The number of carbonyl (C=O) groups excluding carboxylic acids is 2. The van der Waals surface area contributed by atoms with Crippen molar-refractivity contribution in [3.63, 3.8) is 0 Å². The lowest BCUT2D eigenvalue weighted by Gasteiger charge is -2.12. The normalized spacial score (nSPS) is 11.9. The number of aromatic nitrogens is 1. The van der Waals surface area contributed by atoms with Gasteiger partial charge in [-0.05, 0) is 37.4 Å². The van der Waals surface area contributed by atoms with E-state index >= 15 is 0 Å². The molecule has 0 aliphatic heterocycles. The van der Waals surface area contributed by atoms with E-state index in [4.69, 9.17) is 9.15 Å². The second-order valence-electron chi connectivity index (χ2n) is 5.26. The van der Waals surface area contributed by atoms with E-state index in [0.29, 0.717) is 16.3 Å². The highest BCUT2D eigenvalue weighted by Gasteiger charge is 2.23. The fourth-order valence-corrected chi connectivity index (χ4v) is 3.84. The van der Waals surface area contributed by atoms with Gasteiger partial charge in [0.1, 0.15) is 15.6 Å². The molecule has 0 saturated heterocycles. The maximum atomic E-state index is 12.3. The third-order valence-electron chi connectivity index (χ3n) is 3.38. The molecule has 1 amide bonds. The number of ether oxygens (including phenoxy) is 1. The molecular formula is C17H16N2O4S2. The van der Waals surface area contributed by atoms with Crippen molar-refractivity contribution in [1.82, 2.24) is 10.3 Å². The molecule has 3 aromatic heterocycles. The van der Waals surface area contributed by atoms with Crippen LogP contribution in [0.25, 0.3) is 9.88 Å². The van der Waals surface area contributed by atoms with Crippen molar-refractivity contribution < 1.29 is 18.7 Å². The Kier molecular flexibility index (Phi) is 5.30. The maximum absolute atomic E-state index is 12.3. The van der Waals surface area contributed by atoms with Crippen molar-refractivity contribution in [2.75, 3.05) is 0 Å². The Morgan fingerprint density at radius 1 is 1.36 bits per heavy atom. The molecule has 0 spiro atoms. The molecule has 25 heavy (non-hydrogen) atoms. The number of hydrogen-bond donors (Lipinski definition) is 1. The highest BCUT2D eigenvalue weighted by molar-refractivity contribution is 7.22. The molecule has 0 saturated carbocycles. The quantitative estimate of drug-likeness (QED) is 0.664. The van der Waals surface area contributed by atoms with Crippen LogP contribution >= 0.6 is 22.7 Å². The maximum Gasteiger partial charge on any atom is 0.351 e. The van der Waals surface area contributed by atoms with Crippen LogP contribution in [0.4, 0.5) is 0 Å². The van der Waals surface area contributed by atoms with E-state index in [1.54, 1.807) is 30.4 Å². The van der Waals surface area contributed by atoms with Gasteiger partial charge in [0, 0.05) is 0 Å². The summed E-state index contributed by atoms with van der Waals surface area (Å²) in [6.45, 7) is 3.54. The van der Waals surface area contributed by atoms with Crippen molar-refractivity contribution >= 4 is 34.6 Å². The number of nitrogens with zero attached hydrogens (tertiary/aromatic N) is 1. The van der Waals surface area contributed by atoms with Gasteiger partial charge in [-0.2, -0.15) is 0 Å². The average molecular weight is 376 g/mol. The lowest BCUT2D eigenvalue weighted by Crippen LogP contribution is -2.35. The summed E-state index contributed by atoms with van der Waals surface area (Å²) < 4.78 is 10.4. The Labute approximate surface area is 152 Å². The zero-order valence-electron chi connectivity index (χ0n) is 13.6. The molecule has 3 rings (SSSR count). The zero-order chi connectivity index (χ0) is 17.8. The fourth-order valence-electron chi connectivity index (χ4n) is 2.09. The summed E-state index contributed by atoms with van der Waals surface area (Å²) in [6, 6.07) is 7.37. The summed E-state index contributed by atoms with van der Waals surface area (Å²) in [5.41, 5.74) is 0.599. The van der Waals surface area contributed by atoms with Crippen LogP contribution in [-0.2, 0) is 16.1 Å². The molecule has 1 unspecified atom stereocenters. The van der Waals surface area contributed by atoms with Crippen LogP contribution < -0.4 is 5.32 Å². The number of aryl methyl sites for hydroxylation is 1. The predicted octanol–water partition coefficient (Wildman–Crippen LogP) is 3.63. The smallest absolute Gasteiger partial charge is 0.351 e. The van der Waals surface area contributed by atoms with E-state index in [-0.39, 0.29) is 12.5 Å². The van der Waals surface area contributed by atoms with Gasteiger partial charge < -0.3 is 14.5 Å². The van der Waals surface area contributed by atoms with Crippen LogP contribution in [0.2, 0.25) is 0 Å². The third-order valence-corrected chi connectivity index (χ3v) is 5.56. The molecule has 3 aromatic rings. The van der Waals surface area contributed by atoms with Crippen LogP contribution in [0, 0.1) is 6.92 Å². The Hall–Kier alpha value is -2.45. The topological polar surface area (TPSA) is 81.4 Å². The van der Waals surface area contributed by atoms with Gasteiger partial charge in [-0.1, -0.05) is 6.07 Å². The van der Waals surface area contributed by atoms with E-state index in [1.165, 1.54) is 24.5 Å². The largest absolute Gasteiger partial charge is 0.467 e. The number of nitrogens with one attached hydrogen (secondary N) is 1. The first-order valence-corrected chi connectivity index (χ1v) is 9.26. The second-order valence-corrected chi connectivity index (χ2v) is 7.20. The molecule has 130 valence electrons. The van der Waals surface area contributed by atoms with Gasteiger partial charge in [0.05, 0.1) is 23.4 Å². The van der Waals surface area contributed by atoms with Gasteiger partial charge in [0.15, 0.2) is 6.10 Å². The fraction of sp³-hybridized carbons (Fsp3) is 0.235. The molecule has 0 fully saturated rings. The minimum Gasteiger partial charge on any atom is -0.467 e. The molecule has 0 aromatic carbocycles. The first kappa shape index (κ1) is 17.4. The Balaban J connectivity index is 1.60. The summed E-state index contributed by atoms with van der Waals surface area (Å²) in [6.07, 6.45) is 0.622. The average Bonchev–Trinajstić information content (AvgIpc) is 3.33. The summed E-state index contributed by atoms with van der Waals surface area (Å²) in [5, 5.41) is 5.39. The summed E-state index contributed by atoms with van der Waals surface area (Å²) in [4.78, 5) is 30.2. The molecule has 8 heteroatoms. The number of rotatable bonds is 6. The Morgan fingerprint density at radius 3 is 2.88 bits per heavy atom. The molecule has 6 nitrogen and oxygen atoms in total. The van der Waals surface area contributed by atoms with Crippen molar-refractivity contribution in [3.8, 4) is 9.88 Å². The highest BCUT2D eigenvalue weighted by Crippen LogP contribution is 2.31. The summed E-state index contributed by atoms with van der Waals surface area (Å²) in [7, 11) is 0. The molecule has 3 heterocycles. The standard InChI is InChI=1S/C17H16N2O4S2/c1-10-14(25-16(19-10)13-6-4-8-24-13)17(21)23-11(2)15(20)18-9-12-5-3-7-22-12/h3-8,11H,9H2,1-2H3,(H,18,20). The van der Waals surface area contributed by atoms with Gasteiger partial charge in [-0.3, -0.25) is 4.79 Å². The molecule has 0 bridgehead atoms. The predicted molar refractivity (Wildman–Crippen MR) is 95.6 cm³/mol. The van der Waals surface area contributed by atoms with Crippen molar-refractivity contribution in [1.29, 1.82) is 0 Å². The van der Waals surface area contributed by atoms with E-state index in [1.807, 2.05) is 17.5 Å². The second kappa shape index (κ2) is 7.62. The van der Waals surface area contributed by atoms with Gasteiger partial charge in [-0.15, -0.1) is 22.7 Å². The number of esters is 1. The van der Waals surface area contributed by atoms with E-state index in [0.717, 1.165) is 9.88 Å². The van der Waals surface area contributed by atoms with Crippen molar-refractivity contribution in [3.05, 3.63) is 52.2 Å². The van der Waals surface area contributed by atoms with Crippen LogP contribution in [-0.4, -0.2) is 23.0 Å². The molecule has 0 radical (unpaired) electrons. The Morgan fingerprint density at radius 2 is 2.20 bits per heavy atom. The molecule has 0 aliphatic rings. The lowest BCUT2D eigenvalue weighted by molar-refractivity contribution is -0.129. The summed E-state index contributed by atoms with van der Waals surface area (Å²) in [5.74, 6) is -0.297. The molecule has 1 N–H and O–H groups in total. The number of thiophene rings is 1. The molecule has 0 aliphatic carbocycles.